The Bertz CT molecular complexity index is 388. The zero-order valence-electron chi connectivity index (χ0n) is 11.5. The van der Waals surface area contributed by atoms with Crippen molar-refractivity contribution in [2.24, 2.45) is 5.41 Å². The van der Waals surface area contributed by atoms with Gasteiger partial charge in [-0.1, -0.05) is 37.5 Å². The van der Waals surface area contributed by atoms with Crippen molar-refractivity contribution < 1.29 is 9.50 Å². The number of rotatable bonds is 6. The minimum atomic E-state index is -0.126. The van der Waals surface area contributed by atoms with Crippen LogP contribution in [0.25, 0.3) is 0 Å². The molecule has 0 aromatic heterocycles. The molecule has 1 aromatic rings. The molecule has 2 rings (SSSR count). The summed E-state index contributed by atoms with van der Waals surface area (Å²) < 4.78 is 13.4. The van der Waals surface area contributed by atoms with Crippen LogP contribution in [0.3, 0.4) is 0 Å². The van der Waals surface area contributed by atoms with Crippen molar-refractivity contribution in [3.63, 3.8) is 0 Å². The van der Waals surface area contributed by atoms with Gasteiger partial charge in [0.25, 0.3) is 0 Å². The van der Waals surface area contributed by atoms with E-state index in [9.17, 15) is 9.50 Å². The van der Waals surface area contributed by atoms with Gasteiger partial charge in [0.1, 0.15) is 5.82 Å². The van der Waals surface area contributed by atoms with Crippen LogP contribution in [0.4, 0.5) is 4.39 Å². The van der Waals surface area contributed by atoms with Gasteiger partial charge < -0.3 is 10.4 Å². The van der Waals surface area contributed by atoms with E-state index in [1.54, 1.807) is 6.07 Å². The second kappa shape index (κ2) is 7.01. The molecule has 0 aliphatic heterocycles. The lowest BCUT2D eigenvalue weighted by molar-refractivity contribution is 0.0816. The van der Waals surface area contributed by atoms with Gasteiger partial charge >= 0.3 is 0 Å². The van der Waals surface area contributed by atoms with Crippen molar-refractivity contribution in [1.29, 1.82) is 0 Å². The first kappa shape index (κ1) is 14.5. The Hall–Kier alpha value is -0.930. The average molecular weight is 265 g/mol. The molecule has 0 atom stereocenters. The van der Waals surface area contributed by atoms with Gasteiger partial charge in [-0.3, -0.25) is 0 Å². The lowest BCUT2D eigenvalue weighted by atomic mass is 9.74. The fourth-order valence-electron chi connectivity index (χ4n) is 2.97. The lowest BCUT2D eigenvalue weighted by Gasteiger charge is -2.35. The Morgan fingerprint density at radius 2 is 1.89 bits per heavy atom. The van der Waals surface area contributed by atoms with Crippen molar-refractivity contribution in [1.82, 2.24) is 5.32 Å². The zero-order valence-corrected chi connectivity index (χ0v) is 11.5. The Morgan fingerprint density at radius 3 is 2.58 bits per heavy atom. The molecule has 1 aromatic carbocycles. The first-order valence-electron chi connectivity index (χ1n) is 7.31. The first-order valence-corrected chi connectivity index (χ1v) is 7.31. The van der Waals surface area contributed by atoms with Crippen LogP contribution in [-0.2, 0) is 6.42 Å². The predicted octanol–water partition coefficient (Wildman–Crippen LogP) is 2.90. The molecule has 1 fully saturated rings. The van der Waals surface area contributed by atoms with Crippen LogP contribution in [0.15, 0.2) is 24.3 Å². The van der Waals surface area contributed by atoms with Crippen molar-refractivity contribution in [2.45, 2.75) is 38.5 Å². The third kappa shape index (κ3) is 4.02. The Labute approximate surface area is 115 Å². The number of nitrogens with one attached hydrogen (secondary N) is 1. The summed E-state index contributed by atoms with van der Waals surface area (Å²) in [5, 5.41) is 13.0. The minimum absolute atomic E-state index is 0.0630. The normalized spacial score (nSPS) is 18.4. The standard InChI is InChI=1S/C16H24FNO/c17-15-7-3-2-6-14(15)8-11-18-12-16(13-19)9-4-1-5-10-16/h2-3,6-7,18-19H,1,4-5,8-13H2. The van der Waals surface area contributed by atoms with Gasteiger partial charge in [-0.05, 0) is 37.4 Å². The number of aliphatic hydroxyl groups excluding tert-OH is 1. The van der Waals surface area contributed by atoms with Gasteiger partial charge in [0.05, 0.1) is 0 Å². The summed E-state index contributed by atoms with van der Waals surface area (Å²) >= 11 is 0. The summed E-state index contributed by atoms with van der Waals surface area (Å²) in [5.41, 5.74) is 0.824. The molecule has 106 valence electrons. The largest absolute Gasteiger partial charge is 0.396 e. The van der Waals surface area contributed by atoms with Gasteiger partial charge in [-0.25, -0.2) is 4.39 Å². The Balaban J connectivity index is 1.75. The van der Waals surface area contributed by atoms with Crippen LogP contribution < -0.4 is 5.32 Å². The van der Waals surface area contributed by atoms with Gasteiger partial charge in [0.15, 0.2) is 0 Å². The Morgan fingerprint density at radius 1 is 1.16 bits per heavy atom. The SMILES string of the molecule is OCC1(CNCCc2ccccc2F)CCCCC1. The van der Waals surface area contributed by atoms with Gasteiger partial charge in [-0.2, -0.15) is 0 Å². The molecule has 3 heteroatoms. The molecule has 19 heavy (non-hydrogen) atoms. The monoisotopic (exact) mass is 265 g/mol. The molecule has 2 N–H and O–H groups in total. The summed E-state index contributed by atoms with van der Waals surface area (Å²) in [6, 6.07) is 6.93. The molecule has 0 heterocycles. The van der Waals surface area contributed by atoms with E-state index in [1.807, 2.05) is 12.1 Å². The molecule has 0 radical (unpaired) electrons. The van der Waals surface area contributed by atoms with E-state index in [-0.39, 0.29) is 17.8 Å². The number of halogens is 1. The number of aliphatic hydroxyl groups is 1. The van der Waals surface area contributed by atoms with E-state index in [4.69, 9.17) is 0 Å². The van der Waals surface area contributed by atoms with Crippen LogP contribution in [0.1, 0.15) is 37.7 Å². The second-order valence-electron chi connectivity index (χ2n) is 5.74. The molecule has 0 unspecified atom stereocenters. The fourth-order valence-corrected chi connectivity index (χ4v) is 2.97. The summed E-state index contributed by atoms with van der Waals surface area (Å²) in [6.07, 6.45) is 6.64. The molecule has 0 spiro atoms. The minimum Gasteiger partial charge on any atom is -0.396 e. The van der Waals surface area contributed by atoms with Gasteiger partial charge in [0, 0.05) is 18.6 Å². The summed E-state index contributed by atoms with van der Waals surface area (Å²) in [5.74, 6) is -0.126. The third-order valence-corrected chi connectivity index (χ3v) is 4.28. The van der Waals surface area contributed by atoms with Crippen molar-refractivity contribution in [3.8, 4) is 0 Å². The Kier molecular flexibility index (Phi) is 5.34. The van der Waals surface area contributed by atoms with Crippen LogP contribution in [0.2, 0.25) is 0 Å². The molecule has 0 bridgehead atoms. The average Bonchev–Trinajstić information content (AvgIpc) is 2.46. The second-order valence-corrected chi connectivity index (χ2v) is 5.74. The van der Waals surface area contributed by atoms with Crippen molar-refractivity contribution in [2.75, 3.05) is 19.7 Å². The quantitative estimate of drug-likeness (QED) is 0.775. The highest BCUT2D eigenvalue weighted by atomic mass is 19.1. The van der Waals surface area contributed by atoms with Crippen molar-refractivity contribution in [3.05, 3.63) is 35.6 Å². The highest BCUT2D eigenvalue weighted by Crippen LogP contribution is 2.35. The maximum Gasteiger partial charge on any atom is 0.126 e. The zero-order chi connectivity index (χ0) is 13.6. The van der Waals surface area contributed by atoms with Gasteiger partial charge in [-0.15, -0.1) is 0 Å². The van der Waals surface area contributed by atoms with E-state index >= 15 is 0 Å². The predicted molar refractivity (Wildman–Crippen MR) is 75.6 cm³/mol. The summed E-state index contributed by atoms with van der Waals surface area (Å²) in [4.78, 5) is 0. The number of hydrogen-bond donors (Lipinski definition) is 2. The molecule has 2 nitrogen and oxygen atoms in total. The lowest BCUT2D eigenvalue weighted by Crippen LogP contribution is -2.39. The smallest absolute Gasteiger partial charge is 0.126 e. The maximum atomic E-state index is 13.4. The highest BCUT2D eigenvalue weighted by molar-refractivity contribution is 5.17. The van der Waals surface area contributed by atoms with Gasteiger partial charge in [0.2, 0.25) is 0 Å². The van der Waals surface area contributed by atoms with E-state index in [0.29, 0.717) is 6.42 Å². The van der Waals surface area contributed by atoms with E-state index in [2.05, 4.69) is 5.32 Å². The van der Waals surface area contributed by atoms with E-state index in [0.717, 1.165) is 31.5 Å². The molecule has 0 saturated heterocycles. The topological polar surface area (TPSA) is 32.3 Å². The maximum absolute atomic E-state index is 13.4. The fraction of sp³-hybridized carbons (Fsp3) is 0.625. The third-order valence-electron chi connectivity index (χ3n) is 4.28. The first-order chi connectivity index (χ1) is 9.26. The number of hydrogen-bond acceptors (Lipinski definition) is 2. The van der Waals surface area contributed by atoms with E-state index in [1.165, 1.54) is 25.3 Å². The molecule has 1 aliphatic rings. The van der Waals surface area contributed by atoms with Crippen LogP contribution in [0, 0.1) is 11.2 Å². The van der Waals surface area contributed by atoms with E-state index < -0.39 is 0 Å². The molecule has 1 aliphatic carbocycles. The summed E-state index contributed by atoms with van der Waals surface area (Å²) in [7, 11) is 0. The molecule has 0 amide bonds. The summed E-state index contributed by atoms with van der Waals surface area (Å²) in [6.45, 7) is 1.88. The highest BCUT2D eigenvalue weighted by Gasteiger charge is 2.30. The van der Waals surface area contributed by atoms with Crippen LogP contribution in [0.5, 0.6) is 0 Å². The van der Waals surface area contributed by atoms with Crippen LogP contribution >= 0.6 is 0 Å². The number of benzene rings is 1. The molecular formula is C16H24FNO. The van der Waals surface area contributed by atoms with Crippen molar-refractivity contribution >= 4 is 0 Å². The van der Waals surface area contributed by atoms with Crippen LogP contribution in [-0.4, -0.2) is 24.8 Å². The molecular weight excluding hydrogens is 241 g/mol. The molecule has 1 saturated carbocycles.